The highest BCUT2D eigenvalue weighted by Crippen LogP contribution is 2.32. The van der Waals surface area contributed by atoms with Gasteiger partial charge in [0.25, 0.3) is 0 Å². The van der Waals surface area contributed by atoms with Crippen molar-refractivity contribution in [2.75, 3.05) is 36.0 Å². The van der Waals surface area contributed by atoms with Crippen molar-refractivity contribution in [2.24, 2.45) is 5.92 Å². The third kappa shape index (κ3) is 4.30. The van der Waals surface area contributed by atoms with Crippen molar-refractivity contribution in [1.29, 1.82) is 0 Å². The van der Waals surface area contributed by atoms with E-state index in [1.165, 1.54) is 16.2 Å². The molecule has 2 fully saturated rings. The SMILES string of the molecule is O=C(NCCc1cccs1)[C@H]1CCCN(c2nnc(N3CCCC3=O)s2)C1. The molecular formula is C18H23N5O2S2. The molecule has 7 nitrogen and oxygen atoms in total. The minimum Gasteiger partial charge on any atom is -0.355 e. The lowest BCUT2D eigenvalue weighted by Crippen LogP contribution is -2.43. The fraction of sp³-hybridized carbons (Fsp3) is 0.556. The lowest BCUT2D eigenvalue weighted by atomic mass is 9.97. The molecule has 2 saturated heterocycles. The summed E-state index contributed by atoms with van der Waals surface area (Å²) in [6.45, 7) is 2.94. The minimum atomic E-state index is -0.0251. The first-order valence-electron chi connectivity index (χ1n) is 9.39. The molecular weight excluding hydrogens is 382 g/mol. The van der Waals surface area contributed by atoms with Crippen LogP contribution in [0.15, 0.2) is 17.5 Å². The van der Waals surface area contributed by atoms with E-state index in [0.29, 0.717) is 24.6 Å². The van der Waals surface area contributed by atoms with Gasteiger partial charge in [0.2, 0.25) is 22.1 Å². The third-order valence-electron chi connectivity index (χ3n) is 5.02. The summed E-state index contributed by atoms with van der Waals surface area (Å²) >= 11 is 3.17. The van der Waals surface area contributed by atoms with Crippen LogP contribution in [0.5, 0.6) is 0 Å². The number of thiophene rings is 1. The predicted octanol–water partition coefficient (Wildman–Crippen LogP) is 2.30. The molecule has 27 heavy (non-hydrogen) atoms. The Morgan fingerprint density at radius 3 is 2.93 bits per heavy atom. The van der Waals surface area contributed by atoms with Crippen molar-refractivity contribution < 1.29 is 9.59 Å². The Hall–Kier alpha value is -2.00. The second-order valence-electron chi connectivity index (χ2n) is 6.92. The molecule has 2 aromatic heterocycles. The van der Waals surface area contributed by atoms with Crippen molar-refractivity contribution in [2.45, 2.75) is 32.1 Å². The van der Waals surface area contributed by atoms with Crippen LogP contribution >= 0.6 is 22.7 Å². The molecule has 0 saturated carbocycles. The highest BCUT2D eigenvalue weighted by Gasteiger charge is 2.29. The van der Waals surface area contributed by atoms with E-state index in [1.807, 2.05) is 6.07 Å². The van der Waals surface area contributed by atoms with Gasteiger partial charge in [0.05, 0.1) is 5.92 Å². The van der Waals surface area contributed by atoms with Gasteiger partial charge in [-0.1, -0.05) is 17.4 Å². The Morgan fingerprint density at radius 1 is 1.26 bits per heavy atom. The summed E-state index contributed by atoms with van der Waals surface area (Å²) in [5.74, 6) is 0.220. The standard InChI is InChI=1S/C18H23N5O2S2/c24-15-6-2-10-23(15)18-21-20-17(27-18)22-9-1-4-13(12-22)16(25)19-8-7-14-5-3-11-26-14/h3,5,11,13H,1-2,4,6-10,12H2,(H,19,25)/t13-/m0/s1. The number of anilines is 2. The van der Waals surface area contributed by atoms with Crippen LogP contribution in [0.1, 0.15) is 30.6 Å². The highest BCUT2D eigenvalue weighted by molar-refractivity contribution is 7.19. The molecule has 144 valence electrons. The topological polar surface area (TPSA) is 78.4 Å². The number of carbonyl (C=O) groups is 2. The van der Waals surface area contributed by atoms with E-state index in [-0.39, 0.29) is 17.7 Å². The van der Waals surface area contributed by atoms with Gasteiger partial charge in [0, 0.05) is 37.5 Å². The molecule has 0 aliphatic carbocycles. The van der Waals surface area contributed by atoms with E-state index < -0.39 is 0 Å². The average Bonchev–Trinajstić information content (AvgIpc) is 3.43. The molecule has 9 heteroatoms. The minimum absolute atomic E-state index is 0.0251. The zero-order valence-electron chi connectivity index (χ0n) is 15.1. The van der Waals surface area contributed by atoms with Crippen LogP contribution in [-0.4, -0.2) is 48.2 Å². The van der Waals surface area contributed by atoms with Gasteiger partial charge in [-0.3, -0.25) is 14.5 Å². The van der Waals surface area contributed by atoms with Crippen molar-refractivity contribution in [3.8, 4) is 0 Å². The summed E-state index contributed by atoms with van der Waals surface area (Å²) in [7, 11) is 0. The van der Waals surface area contributed by atoms with E-state index in [9.17, 15) is 9.59 Å². The van der Waals surface area contributed by atoms with Crippen LogP contribution in [0, 0.1) is 5.92 Å². The van der Waals surface area contributed by atoms with Gasteiger partial charge in [-0.25, -0.2) is 0 Å². The number of piperidine rings is 1. The molecule has 0 radical (unpaired) electrons. The fourth-order valence-electron chi connectivity index (χ4n) is 3.57. The second kappa shape index (κ2) is 8.35. The van der Waals surface area contributed by atoms with Gasteiger partial charge in [0.15, 0.2) is 0 Å². The number of hydrogen-bond acceptors (Lipinski definition) is 7. The normalized spacial score (nSPS) is 20.3. The van der Waals surface area contributed by atoms with Crippen LogP contribution in [0.25, 0.3) is 0 Å². The number of amides is 2. The quantitative estimate of drug-likeness (QED) is 0.798. The van der Waals surface area contributed by atoms with Crippen LogP contribution in [0.2, 0.25) is 0 Å². The van der Waals surface area contributed by atoms with Crippen molar-refractivity contribution >= 4 is 44.8 Å². The Balaban J connectivity index is 1.31. The molecule has 2 aliphatic rings. The summed E-state index contributed by atoms with van der Waals surface area (Å²) in [5.41, 5.74) is 0. The van der Waals surface area contributed by atoms with Crippen LogP contribution in [0.4, 0.5) is 10.3 Å². The average molecular weight is 406 g/mol. The maximum Gasteiger partial charge on any atom is 0.228 e. The molecule has 0 aromatic carbocycles. The fourth-order valence-corrected chi connectivity index (χ4v) is 5.20. The monoisotopic (exact) mass is 405 g/mol. The Bertz CT molecular complexity index is 792. The third-order valence-corrected chi connectivity index (χ3v) is 6.96. The summed E-state index contributed by atoms with van der Waals surface area (Å²) in [6, 6.07) is 4.13. The van der Waals surface area contributed by atoms with E-state index >= 15 is 0 Å². The van der Waals surface area contributed by atoms with E-state index in [0.717, 1.165) is 43.9 Å². The maximum absolute atomic E-state index is 12.5. The van der Waals surface area contributed by atoms with Crippen LogP contribution < -0.4 is 15.1 Å². The van der Waals surface area contributed by atoms with E-state index in [1.54, 1.807) is 16.2 Å². The number of nitrogens with zero attached hydrogens (tertiary/aromatic N) is 4. The van der Waals surface area contributed by atoms with Crippen LogP contribution in [-0.2, 0) is 16.0 Å². The Kier molecular flexibility index (Phi) is 5.68. The van der Waals surface area contributed by atoms with Crippen LogP contribution in [0.3, 0.4) is 0 Å². The first kappa shape index (κ1) is 18.4. The number of hydrogen-bond donors (Lipinski definition) is 1. The second-order valence-corrected chi connectivity index (χ2v) is 8.89. The molecule has 4 heterocycles. The predicted molar refractivity (Wildman–Crippen MR) is 107 cm³/mol. The van der Waals surface area contributed by atoms with Gasteiger partial charge in [-0.15, -0.1) is 21.5 Å². The molecule has 2 aromatic rings. The molecule has 2 amide bonds. The molecule has 1 N–H and O–H groups in total. The number of carbonyl (C=O) groups excluding carboxylic acids is 2. The summed E-state index contributed by atoms with van der Waals surface area (Å²) in [6.07, 6.45) is 4.21. The number of rotatable bonds is 6. The summed E-state index contributed by atoms with van der Waals surface area (Å²) < 4.78 is 0. The molecule has 0 bridgehead atoms. The first-order valence-corrected chi connectivity index (χ1v) is 11.1. The smallest absolute Gasteiger partial charge is 0.228 e. The van der Waals surface area contributed by atoms with Gasteiger partial charge in [0.1, 0.15) is 0 Å². The zero-order chi connectivity index (χ0) is 18.6. The largest absolute Gasteiger partial charge is 0.355 e. The summed E-state index contributed by atoms with van der Waals surface area (Å²) in [5, 5.41) is 15.1. The summed E-state index contributed by atoms with van der Waals surface area (Å²) in [4.78, 5) is 29.6. The molecule has 1 atom stereocenters. The number of nitrogens with one attached hydrogen (secondary N) is 1. The van der Waals surface area contributed by atoms with Crippen molar-refractivity contribution in [3.63, 3.8) is 0 Å². The molecule has 0 spiro atoms. The first-order chi connectivity index (χ1) is 13.2. The lowest BCUT2D eigenvalue weighted by Gasteiger charge is -2.31. The van der Waals surface area contributed by atoms with Gasteiger partial charge in [-0.2, -0.15) is 0 Å². The van der Waals surface area contributed by atoms with Gasteiger partial charge >= 0.3 is 0 Å². The Labute approximate surface area is 166 Å². The Morgan fingerprint density at radius 2 is 2.15 bits per heavy atom. The number of aromatic nitrogens is 2. The van der Waals surface area contributed by atoms with Crippen molar-refractivity contribution in [1.82, 2.24) is 15.5 Å². The zero-order valence-corrected chi connectivity index (χ0v) is 16.7. The maximum atomic E-state index is 12.5. The van der Waals surface area contributed by atoms with E-state index in [4.69, 9.17) is 0 Å². The lowest BCUT2D eigenvalue weighted by molar-refractivity contribution is -0.125. The van der Waals surface area contributed by atoms with E-state index in [2.05, 4.69) is 31.9 Å². The molecule has 2 aliphatic heterocycles. The van der Waals surface area contributed by atoms with Gasteiger partial charge in [-0.05, 0) is 37.1 Å². The van der Waals surface area contributed by atoms with Crippen molar-refractivity contribution in [3.05, 3.63) is 22.4 Å². The van der Waals surface area contributed by atoms with Gasteiger partial charge < -0.3 is 10.2 Å². The molecule has 0 unspecified atom stereocenters. The highest BCUT2D eigenvalue weighted by atomic mass is 32.1. The molecule has 4 rings (SSSR count).